The highest BCUT2D eigenvalue weighted by Crippen LogP contribution is 2.23. The molecule has 4 nitrogen and oxygen atoms in total. The zero-order chi connectivity index (χ0) is 11.5. The van der Waals surface area contributed by atoms with Crippen molar-refractivity contribution in [3.63, 3.8) is 0 Å². The van der Waals surface area contributed by atoms with Crippen LogP contribution in [0.2, 0.25) is 0 Å². The molecule has 1 aliphatic rings. The van der Waals surface area contributed by atoms with Crippen LogP contribution in [-0.4, -0.2) is 46.2 Å². The Labute approximate surface area is 92.3 Å². The van der Waals surface area contributed by atoms with E-state index in [-0.39, 0.29) is 11.3 Å². The molecule has 1 N–H and O–H groups in total. The van der Waals surface area contributed by atoms with E-state index in [9.17, 15) is 8.42 Å². The maximum atomic E-state index is 11.5. The molecule has 1 heterocycles. The van der Waals surface area contributed by atoms with Gasteiger partial charge in [0, 0.05) is 25.5 Å². The highest BCUT2D eigenvalue weighted by atomic mass is 32.2. The van der Waals surface area contributed by atoms with Gasteiger partial charge < -0.3 is 10.1 Å². The fourth-order valence-corrected chi connectivity index (χ4v) is 3.09. The van der Waals surface area contributed by atoms with Gasteiger partial charge in [-0.25, -0.2) is 8.42 Å². The Morgan fingerprint density at radius 1 is 1.33 bits per heavy atom. The molecule has 1 fully saturated rings. The summed E-state index contributed by atoms with van der Waals surface area (Å²) in [6.07, 6.45) is 3.21. The van der Waals surface area contributed by atoms with Crippen molar-refractivity contribution in [1.29, 1.82) is 0 Å². The summed E-state index contributed by atoms with van der Waals surface area (Å²) in [5.74, 6) is 0.411. The molecule has 90 valence electrons. The van der Waals surface area contributed by atoms with E-state index in [2.05, 4.69) is 5.32 Å². The van der Waals surface area contributed by atoms with E-state index in [1.165, 1.54) is 6.26 Å². The molecule has 0 aromatic carbocycles. The molecule has 1 aliphatic heterocycles. The molecule has 2 atom stereocenters. The van der Waals surface area contributed by atoms with Crippen LogP contribution < -0.4 is 5.32 Å². The fraction of sp³-hybridized carbons (Fsp3) is 1.00. The van der Waals surface area contributed by atoms with Gasteiger partial charge in [-0.3, -0.25) is 0 Å². The van der Waals surface area contributed by atoms with Gasteiger partial charge in [-0.05, 0) is 32.7 Å². The van der Waals surface area contributed by atoms with Crippen LogP contribution in [0.15, 0.2) is 0 Å². The summed E-state index contributed by atoms with van der Waals surface area (Å²) in [6.45, 7) is 3.28. The number of nitrogens with one attached hydrogen (secondary N) is 1. The average Bonchev–Trinajstić information content (AvgIpc) is 2.19. The molecule has 0 radical (unpaired) electrons. The van der Waals surface area contributed by atoms with Gasteiger partial charge in [-0.15, -0.1) is 0 Å². The average molecular weight is 235 g/mol. The molecule has 1 rings (SSSR count). The second kappa shape index (κ2) is 5.27. The topological polar surface area (TPSA) is 55.4 Å². The van der Waals surface area contributed by atoms with Crippen molar-refractivity contribution in [2.75, 3.05) is 26.5 Å². The van der Waals surface area contributed by atoms with Crippen LogP contribution in [0.5, 0.6) is 0 Å². The molecule has 0 aliphatic carbocycles. The molecule has 0 aromatic heterocycles. The number of ether oxygens (including phenoxy) is 1. The van der Waals surface area contributed by atoms with Crippen molar-refractivity contribution >= 4 is 9.84 Å². The molecule has 0 saturated carbocycles. The van der Waals surface area contributed by atoms with Crippen molar-refractivity contribution in [3.8, 4) is 0 Å². The van der Waals surface area contributed by atoms with Gasteiger partial charge in [0.15, 0.2) is 9.84 Å². The smallest absolute Gasteiger partial charge is 0.151 e. The summed E-state index contributed by atoms with van der Waals surface area (Å²) in [5, 5.41) is 2.82. The Kier molecular flexibility index (Phi) is 4.55. The summed E-state index contributed by atoms with van der Waals surface area (Å²) >= 11 is 0. The Morgan fingerprint density at radius 3 is 2.27 bits per heavy atom. The van der Waals surface area contributed by atoms with E-state index in [1.807, 2.05) is 7.05 Å². The second-order valence-electron chi connectivity index (χ2n) is 4.30. The van der Waals surface area contributed by atoms with Crippen LogP contribution in [0.3, 0.4) is 0 Å². The Balaban J connectivity index is 2.69. The van der Waals surface area contributed by atoms with E-state index >= 15 is 0 Å². The van der Waals surface area contributed by atoms with Gasteiger partial charge in [0.05, 0.1) is 5.25 Å². The fourth-order valence-electron chi connectivity index (χ4n) is 2.19. The first-order chi connectivity index (χ1) is 6.96. The van der Waals surface area contributed by atoms with Crippen LogP contribution in [0, 0.1) is 5.92 Å². The Bertz CT molecular complexity index is 283. The molecular formula is C10H21NO3S. The minimum Gasteiger partial charge on any atom is -0.381 e. The van der Waals surface area contributed by atoms with E-state index in [0.29, 0.717) is 5.92 Å². The maximum absolute atomic E-state index is 11.5. The summed E-state index contributed by atoms with van der Waals surface area (Å²) in [7, 11) is -1.13. The zero-order valence-corrected chi connectivity index (χ0v) is 10.5. The number of hydrogen-bond acceptors (Lipinski definition) is 4. The molecule has 5 heteroatoms. The molecule has 1 saturated heterocycles. The number of rotatable bonds is 4. The van der Waals surface area contributed by atoms with Gasteiger partial charge in [0.1, 0.15) is 0 Å². The summed E-state index contributed by atoms with van der Waals surface area (Å²) in [5.41, 5.74) is 0. The zero-order valence-electron chi connectivity index (χ0n) is 9.69. The lowest BCUT2D eigenvalue weighted by Gasteiger charge is -2.33. The molecule has 15 heavy (non-hydrogen) atoms. The SMILES string of the molecule is CNC(C1CCOCC1)C(C)S(C)(=O)=O. The van der Waals surface area contributed by atoms with Gasteiger partial charge in [-0.2, -0.15) is 0 Å². The van der Waals surface area contributed by atoms with Crippen LogP contribution >= 0.6 is 0 Å². The molecule has 0 aromatic rings. The van der Waals surface area contributed by atoms with E-state index in [0.717, 1.165) is 26.1 Å². The maximum Gasteiger partial charge on any atom is 0.151 e. The third-order valence-electron chi connectivity index (χ3n) is 3.29. The first-order valence-corrected chi connectivity index (χ1v) is 7.36. The lowest BCUT2D eigenvalue weighted by atomic mass is 9.90. The van der Waals surface area contributed by atoms with Crippen molar-refractivity contribution in [3.05, 3.63) is 0 Å². The van der Waals surface area contributed by atoms with Crippen molar-refractivity contribution in [2.24, 2.45) is 5.92 Å². The lowest BCUT2D eigenvalue weighted by molar-refractivity contribution is 0.0546. The standard InChI is InChI=1S/C10H21NO3S/c1-8(15(3,12)13)10(11-2)9-4-6-14-7-5-9/h8-11H,4-7H2,1-3H3. The molecule has 0 bridgehead atoms. The van der Waals surface area contributed by atoms with Crippen molar-refractivity contribution in [1.82, 2.24) is 5.32 Å². The third-order valence-corrected chi connectivity index (χ3v) is 4.93. The summed E-state index contributed by atoms with van der Waals surface area (Å²) in [4.78, 5) is 0. The monoisotopic (exact) mass is 235 g/mol. The minimum absolute atomic E-state index is 0.0453. The Hall–Kier alpha value is -0.130. The molecular weight excluding hydrogens is 214 g/mol. The summed E-state index contributed by atoms with van der Waals surface area (Å²) < 4.78 is 28.3. The van der Waals surface area contributed by atoms with Crippen molar-refractivity contribution < 1.29 is 13.2 Å². The minimum atomic E-state index is -2.97. The number of hydrogen-bond donors (Lipinski definition) is 1. The lowest BCUT2D eigenvalue weighted by Crippen LogP contribution is -2.47. The van der Waals surface area contributed by atoms with E-state index in [1.54, 1.807) is 6.92 Å². The second-order valence-corrected chi connectivity index (χ2v) is 6.70. The van der Waals surface area contributed by atoms with Crippen LogP contribution in [0.25, 0.3) is 0 Å². The predicted molar refractivity (Wildman–Crippen MR) is 60.7 cm³/mol. The first kappa shape index (κ1) is 12.9. The predicted octanol–water partition coefficient (Wildman–Crippen LogP) is 0.434. The highest BCUT2D eigenvalue weighted by molar-refractivity contribution is 7.91. The molecule has 0 amide bonds. The van der Waals surface area contributed by atoms with Crippen LogP contribution in [-0.2, 0) is 14.6 Å². The van der Waals surface area contributed by atoms with E-state index in [4.69, 9.17) is 4.74 Å². The summed E-state index contributed by atoms with van der Waals surface area (Å²) in [6, 6.07) is 0.0453. The van der Waals surface area contributed by atoms with Gasteiger partial charge in [-0.1, -0.05) is 0 Å². The highest BCUT2D eigenvalue weighted by Gasteiger charge is 2.32. The van der Waals surface area contributed by atoms with Gasteiger partial charge >= 0.3 is 0 Å². The largest absolute Gasteiger partial charge is 0.381 e. The third kappa shape index (κ3) is 3.43. The van der Waals surface area contributed by atoms with Gasteiger partial charge in [0.25, 0.3) is 0 Å². The van der Waals surface area contributed by atoms with Gasteiger partial charge in [0.2, 0.25) is 0 Å². The quantitative estimate of drug-likeness (QED) is 0.768. The molecule has 2 unspecified atom stereocenters. The number of sulfone groups is 1. The molecule has 0 spiro atoms. The first-order valence-electron chi connectivity index (χ1n) is 5.40. The van der Waals surface area contributed by atoms with E-state index < -0.39 is 9.84 Å². The Morgan fingerprint density at radius 2 is 1.87 bits per heavy atom. The van der Waals surface area contributed by atoms with Crippen LogP contribution in [0.4, 0.5) is 0 Å². The van der Waals surface area contributed by atoms with Crippen molar-refractivity contribution in [2.45, 2.75) is 31.1 Å². The normalized spacial score (nSPS) is 23.7. The van der Waals surface area contributed by atoms with Crippen LogP contribution in [0.1, 0.15) is 19.8 Å².